The molecule has 3 aromatic carbocycles. The highest BCUT2D eigenvalue weighted by molar-refractivity contribution is 6.32. The van der Waals surface area contributed by atoms with E-state index in [1.165, 1.54) is 23.0 Å². The molecular weight excluding hydrogens is 534 g/mol. The molecule has 0 aliphatic heterocycles. The van der Waals surface area contributed by atoms with E-state index in [1.54, 1.807) is 30.3 Å². The molecule has 10 nitrogen and oxygen atoms in total. The number of aromatic nitrogens is 2. The molecule has 0 N–H and O–H groups in total. The minimum Gasteiger partial charge on any atom is -0.494 e. The minimum absolute atomic E-state index is 0.0703. The van der Waals surface area contributed by atoms with E-state index in [1.807, 2.05) is 26.0 Å². The summed E-state index contributed by atoms with van der Waals surface area (Å²) in [6.45, 7) is 8.03. The molecule has 4 aromatic rings. The lowest BCUT2D eigenvalue weighted by molar-refractivity contribution is -0.385. The number of ether oxygens (including phenoxy) is 2. The van der Waals surface area contributed by atoms with Crippen molar-refractivity contribution in [3.63, 3.8) is 0 Å². The zero-order valence-corrected chi connectivity index (χ0v) is 23.1. The van der Waals surface area contributed by atoms with Crippen molar-refractivity contribution in [3.8, 4) is 29.0 Å². The van der Waals surface area contributed by atoms with E-state index >= 15 is 0 Å². The van der Waals surface area contributed by atoms with Crippen LogP contribution in [0, 0.1) is 28.4 Å². The second-order valence-electron chi connectivity index (χ2n) is 9.16. The Morgan fingerprint density at radius 1 is 1.23 bits per heavy atom. The first-order chi connectivity index (χ1) is 19.2. The first-order valence-electron chi connectivity index (χ1n) is 12.5. The average Bonchev–Trinajstić information content (AvgIpc) is 2.91. The molecule has 40 heavy (non-hydrogen) atoms. The Labute approximate surface area is 235 Å². The van der Waals surface area contributed by atoms with Gasteiger partial charge in [0.15, 0.2) is 12.4 Å². The zero-order chi connectivity index (χ0) is 29.0. The third-order valence-electron chi connectivity index (χ3n) is 6.12. The number of benzene rings is 3. The molecule has 0 radical (unpaired) electrons. The quantitative estimate of drug-likeness (QED) is 0.135. The number of hydrogen-bond acceptors (Lipinski definition) is 8. The minimum atomic E-state index is -0.665. The summed E-state index contributed by atoms with van der Waals surface area (Å²) < 4.78 is 12.2. The van der Waals surface area contributed by atoms with Crippen LogP contribution in [0.1, 0.15) is 43.4 Å². The van der Waals surface area contributed by atoms with Crippen molar-refractivity contribution in [2.75, 3.05) is 13.2 Å². The van der Waals surface area contributed by atoms with Crippen LogP contribution >= 0.6 is 11.6 Å². The van der Waals surface area contributed by atoms with Crippen molar-refractivity contribution in [2.24, 2.45) is 5.10 Å². The number of nitro groups is 1. The van der Waals surface area contributed by atoms with Crippen molar-refractivity contribution in [1.29, 1.82) is 5.26 Å². The lowest BCUT2D eigenvalue weighted by Gasteiger charge is -2.18. The van der Waals surface area contributed by atoms with Crippen LogP contribution in [0.5, 0.6) is 11.5 Å². The molecule has 0 atom stereocenters. The molecule has 0 spiro atoms. The van der Waals surface area contributed by atoms with E-state index in [2.05, 4.69) is 18.9 Å². The summed E-state index contributed by atoms with van der Waals surface area (Å²) in [7, 11) is 0. The second kappa shape index (κ2) is 12.0. The molecule has 0 saturated heterocycles. The number of hydrogen-bond donors (Lipinski definition) is 0. The zero-order valence-electron chi connectivity index (χ0n) is 22.3. The van der Waals surface area contributed by atoms with Gasteiger partial charge in [0.25, 0.3) is 5.56 Å². The van der Waals surface area contributed by atoms with Crippen LogP contribution in [-0.4, -0.2) is 34.0 Å². The number of nitriles is 1. The third kappa shape index (κ3) is 5.65. The predicted octanol–water partition coefficient (Wildman–Crippen LogP) is 6.24. The maximum Gasteiger partial charge on any atom is 0.313 e. The highest BCUT2D eigenvalue weighted by Gasteiger charge is 2.21. The Morgan fingerprint density at radius 2 is 1.98 bits per heavy atom. The van der Waals surface area contributed by atoms with Crippen molar-refractivity contribution in [2.45, 2.75) is 33.6 Å². The molecule has 0 saturated carbocycles. The molecule has 1 heterocycles. The van der Waals surface area contributed by atoms with E-state index in [0.717, 1.165) is 16.9 Å². The van der Waals surface area contributed by atoms with Crippen LogP contribution in [0.3, 0.4) is 0 Å². The molecule has 204 valence electrons. The summed E-state index contributed by atoms with van der Waals surface area (Å²) in [5, 5.41) is 25.2. The Balaban J connectivity index is 1.94. The molecule has 11 heteroatoms. The van der Waals surface area contributed by atoms with E-state index in [-0.39, 0.29) is 22.3 Å². The van der Waals surface area contributed by atoms with Crippen molar-refractivity contribution in [3.05, 3.63) is 90.7 Å². The molecule has 0 aliphatic rings. The van der Waals surface area contributed by atoms with Crippen molar-refractivity contribution in [1.82, 2.24) is 9.66 Å². The first-order valence-corrected chi connectivity index (χ1v) is 12.9. The van der Waals surface area contributed by atoms with Gasteiger partial charge >= 0.3 is 5.69 Å². The van der Waals surface area contributed by atoms with Crippen LogP contribution in [-0.2, 0) is 0 Å². The van der Waals surface area contributed by atoms with E-state index < -0.39 is 22.8 Å². The topological polar surface area (TPSA) is 133 Å². The smallest absolute Gasteiger partial charge is 0.313 e. The summed E-state index contributed by atoms with van der Waals surface area (Å²) in [5.74, 6) is 0.978. The Bertz CT molecular complexity index is 1740. The summed E-state index contributed by atoms with van der Waals surface area (Å²) in [6.07, 6.45) is 1.29. The van der Waals surface area contributed by atoms with Crippen LogP contribution in [0.4, 0.5) is 5.69 Å². The maximum absolute atomic E-state index is 13.7. The molecular formula is C29H26ClN5O5. The highest BCUT2D eigenvalue weighted by Crippen LogP contribution is 2.36. The van der Waals surface area contributed by atoms with E-state index in [9.17, 15) is 14.9 Å². The van der Waals surface area contributed by atoms with Gasteiger partial charge < -0.3 is 9.47 Å². The second-order valence-corrected chi connectivity index (χ2v) is 9.57. The van der Waals surface area contributed by atoms with Crippen LogP contribution in [0.2, 0.25) is 5.02 Å². The summed E-state index contributed by atoms with van der Waals surface area (Å²) in [6, 6.07) is 15.2. The lowest BCUT2D eigenvalue weighted by atomic mass is 9.96. The molecule has 0 amide bonds. The number of fused-ring (bicyclic) bond motifs is 1. The van der Waals surface area contributed by atoms with Crippen LogP contribution < -0.4 is 15.0 Å². The largest absolute Gasteiger partial charge is 0.494 e. The summed E-state index contributed by atoms with van der Waals surface area (Å²) in [5.41, 5.74) is 2.39. The van der Waals surface area contributed by atoms with Crippen molar-refractivity contribution >= 4 is 34.4 Å². The van der Waals surface area contributed by atoms with Gasteiger partial charge in [0, 0.05) is 17.2 Å². The average molecular weight is 560 g/mol. The normalized spacial score (nSPS) is 11.2. The summed E-state index contributed by atoms with van der Waals surface area (Å²) in [4.78, 5) is 29.4. The molecule has 0 aliphatic carbocycles. The van der Waals surface area contributed by atoms with Gasteiger partial charge in [0.2, 0.25) is 5.75 Å². The SMILES string of the molecule is CCOc1cc(C)c(-c2nc3ccccc3c(=O)n2N=Cc2cc(Cl)c(OCC#N)c([N+](=O)[O-])c2)cc1C(C)C. The number of aryl methyl sites for hydroxylation is 1. The van der Waals surface area contributed by atoms with Crippen molar-refractivity contribution < 1.29 is 14.4 Å². The van der Waals surface area contributed by atoms with Crippen LogP contribution in [0.15, 0.2) is 58.4 Å². The van der Waals surface area contributed by atoms with E-state index in [4.69, 9.17) is 31.3 Å². The molecule has 0 bridgehead atoms. The van der Waals surface area contributed by atoms with Gasteiger partial charge in [-0.1, -0.05) is 37.6 Å². The highest BCUT2D eigenvalue weighted by atomic mass is 35.5. The van der Waals surface area contributed by atoms with Gasteiger partial charge in [-0.3, -0.25) is 14.9 Å². The van der Waals surface area contributed by atoms with Gasteiger partial charge in [0.05, 0.1) is 33.7 Å². The molecule has 0 fully saturated rings. The van der Waals surface area contributed by atoms with Crippen LogP contribution in [0.25, 0.3) is 22.3 Å². The fourth-order valence-corrected chi connectivity index (χ4v) is 4.53. The number of halogens is 1. The molecule has 4 rings (SSSR count). The van der Waals surface area contributed by atoms with Gasteiger partial charge in [-0.25, -0.2) is 4.98 Å². The first kappa shape index (κ1) is 28.3. The number of nitrogens with zero attached hydrogens (tertiary/aromatic N) is 5. The lowest BCUT2D eigenvalue weighted by Crippen LogP contribution is -2.21. The molecule has 1 aromatic heterocycles. The van der Waals surface area contributed by atoms with Gasteiger partial charge in [-0.05, 0) is 61.2 Å². The Kier molecular flexibility index (Phi) is 8.46. The van der Waals surface area contributed by atoms with E-state index in [0.29, 0.717) is 28.9 Å². The number of rotatable bonds is 9. The standard InChI is InChI=1S/C29H26ClN5O5/c1-5-39-26-12-18(4)22(15-21(26)17(2)3)28-33-24-9-7-6-8-20(24)29(36)34(28)32-16-19-13-23(30)27(40-11-10-31)25(14-19)35(37)38/h6-9,12-17H,5,11H2,1-4H3. The fourth-order valence-electron chi connectivity index (χ4n) is 4.26. The van der Waals surface area contributed by atoms with Gasteiger partial charge in [0.1, 0.15) is 11.8 Å². The maximum atomic E-state index is 13.7. The number of nitro benzene ring substituents is 1. The molecule has 0 unspecified atom stereocenters. The fraction of sp³-hybridized carbons (Fsp3) is 0.241. The Morgan fingerprint density at radius 3 is 2.65 bits per heavy atom. The third-order valence-corrected chi connectivity index (χ3v) is 6.40. The van der Waals surface area contributed by atoms with Gasteiger partial charge in [-0.15, -0.1) is 0 Å². The van der Waals surface area contributed by atoms with Gasteiger partial charge in [-0.2, -0.15) is 15.0 Å². The number of para-hydroxylation sites is 1. The Hall–Kier alpha value is -4.75. The predicted molar refractivity (Wildman–Crippen MR) is 154 cm³/mol. The monoisotopic (exact) mass is 559 g/mol. The summed E-state index contributed by atoms with van der Waals surface area (Å²) >= 11 is 6.25.